The van der Waals surface area contributed by atoms with Crippen LogP contribution < -0.4 is 10.2 Å². The molecule has 6 nitrogen and oxygen atoms in total. The number of carboxylic acids is 1. The van der Waals surface area contributed by atoms with E-state index in [1.165, 1.54) is 11.8 Å². The lowest BCUT2D eigenvalue weighted by Crippen LogP contribution is -2.36. The minimum Gasteiger partial charge on any atom is -0.481 e. The zero-order valence-corrected chi connectivity index (χ0v) is 13.6. The number of carbonyl (C=O) groups is 3. The monoisotopic (exact) mass is 328 g/mol. The topological polar surface area (TPSA) is 86.7 Å². The van der Waals surface area contributed by atoms with Crippen molar-refractivity contribution >= 4 is 29.2 Å². The normalized spacial score (nSPS) is 27.1. The average molecular weight is 328 g/mol. The van der Waals surface area contributed by atoms with Crippen molar-refractivity contribution in [1.29, 1.82) is 0 Å². The lowest BCUT2D eigenvalue weighted by molar-refractivity contribution is -0.146. The lowest BCUT2D eigenvalue weighted by atomic mass is 9.82. The van der Waals surface area contributed by atoms with Gasteiger partial charge in [0, 0.05) is 25.3 Å². The van der Waals surface area contributed by atoms with Crippen molar-refractivity contribution in [2.24, 2.45) is 23.7 Å². The van der Waals surface area contributed by atoms with Crippen LogP contribution in [0, 0.1) is 23.7 Å². The van der Waals surface area contributed by atoms with E-state index in [0.29, 0.717) is 5.69 Å². The third-order valence-corrected chi connectivity index (χ3v) is 5.04. The van der Waals surface area contributed by atoms with Crippen molar-refractivity contribution in [2.75, 3.05) is 17.3 Å². The molecule has 2 aliphatic rings. The van der Waals surface area contributed by atoms with E-state index in [0.717, 1.165) is 12.1 Å². The molecule has 4 atom stereocenters. The van der Waals surface area contributed by atoms with Crippen LogP contribution in [0.15, 0.2) is 36.4 Å². The van der Waals surface area contributed by atoms with Crippen LogP contribution in [-0.4, -0.2) is 29.9 Å². The Kier molecular flexibility index (Phi) is 4.13. The fourth-order valence-electron chi connectivity index (χ4n) is 3.69. The van der Waals surface area contributed by atoms with E-state index in [9.17, 15) is 19.5 Å². The third-order valence-electron chi connectivity index (χ3n) is 5.04. The maximum absolute atomic E-state index is 12.6. The molecule has 2 aliphatic carbocycles. The summed E-state index contributed by atoms with van der Waals surface area (Å²) in [4.78, 5) is 36.9. The van der Waals surface area contributed by atoms with Gasteiger partial charge in [0.25, 0.3) is 0 Å². The second kappa shape index (κ2) is 6.11. The number of anilines is 2. The van der Waals surface area contributed by atoms with Crippen LogP contribution in [0.5, 0.6) is 0 Å². The maximum atomic E-state index is 12.6. The molecule has 2 amide bonds. The second-order valence-corrected chi connectivity index (χ2v) is 6.45. The molecule has 126 valence electrons. The van der Waals surface area contributed by atoms with Gasteiger partial charge in [0.15, 0.2) is 0 Å². The molecule has 6 heteroatoms. The Bertz CT molecular complexity index is 710. The molecular formula is C18H20N2O4. The van der Waals surface area contributed by atoms with Gasteiger partial charge in [-0.15, -0.1) is 0 Å². The molecule has 0 unspecified atom stereocenters. The average Bonchev–Trinajstić information content (AvgIpc) is 3.15. The van der Waals surface area contributed by atoms with Gasteiger partial charge in [0.2, 0.25) is 11.8 Å². The highest BCUT2D eigenvalue weighted by Crippen LogP contribution is 2.48. The van der Waals surface area contributed by atoms with Gasteiger partial charge in [-0.2, -0.15) is 0 Å². The Morgan fingerprint density at radius 2 is 1.67 bits per heavy atom. The third kappa shape index (κ3) is 2.79. The summed E-state index contributed by atoms with van der Waals surface area (Å²) in [5.74, 6) is -2.48. The predicted octanol–water partition coefficient (Wildman–Crippen LogP) is 2.13. The van der Waals surface area contributed by atoms with Crippen LogP contribution >= 0.6 is 0 Å². The molecule has 24 heavy (non-hydrogen) atoms. The molecular weight excluding hydrogens is 308 g/mol. The highest BCUT2D eigenvalue weighted by atomic mass is 16.4. The van der Waals surface area contributed by atoms with Crippen molar-refractivity contribution in [2.45, 2.75) is 13.3 Å². The summed E-state index contributed by atoms with van der Waals surface area (Å²) in [5, 5.41) is 12.2. The summed E-state index contributed by atoms with van der Waals surface area (Å²) in [5.41, 5.74) is 1.32. The fourth-order valence-corrected chi connectivity index (χ4v) is 3.69. The van der Waals surface area contributed by atoms with E-state index in [4.69, 9.17) is 0 Å². The number of carbonyl (C=O) groups excluding carboxylic acids is 2. The Labute approximate surface area is 140 Å². The first-order valence-electron chi connectivity index (χ1n) is 7.95. The number of hydrogen-bond donors (Lipinski definition) is 2. The van der Waals surface area contributed by atoms with Gasteiger partial charge in [-0.25, -0.2) is 0 Å². The zero-order valence-electron chi connectivity index (χ0n) is 13.6. The number of nitrogens with zero attached hydrogens (tertiary/aromatic N) is 1. The number of benzene rings is 1. The summed E-state index contributed by atoms with van der Waals surface area (Å²) in [6, 6.07) is 6.91. The van der Waals surface area contributed by atoms with Crippen LogP contribution in [0.25, 0.3) is 0 Å². The molecule has 0 spiro atoms. The number of allylic oxidation sites excluding steroid dienone is 2. The van der Waals surface area contributed by atoms with Crippen molar-refractivity contribution in [3.8, 4) is 0 Å². The van der Waals surface area contributed by atoms with Crippen molar-refractivity contribution < 1.29 is 19.5 Å². The predicted molar refractivity (Wildman–Crippen MR) is 89.5 cm³/mol. The summed E-state index contributed by atoms with van der Waals surface area (Å²) >= 11 is 0. The molecule has 0 heterocycles. The van der Waals surface area contributed by atoms with E-state index in [2.05, 4.69) is 5.32 Å². The molecule has 0 radical (unpaired) electrons. The number of rotatable bonds is 4. The largest absolute Gasteiger partial charge is 0.481 e. The van der Waals surface area contributed by atoms with Crippen molar-refractivity contribution in [3.05, 3.63) is 36.4 Å². The highest BCUT2D eigenvalue weighted by molar-refractivity contribution is 5.97. The molecule has 1 aromatic carbocycles. The maximum Gasteiger partial charge on any atom is 0.307 e. The van der Waals surface area contributed by atoms with Crippen LogP contribution in [0.1, 0.15) is 13.3 Å². The van der Waals surface area contributed by atoms with E-state index in [1.807, 2.05) is 12.2 Å². The number of nitrogens with one attached hydrogen (secondary N) is 1. The lowest BCUT2D eigenvalue weighted by Gasteiger charge is -2.24. The van der Waals surface area contributed by atoms with E-state index in [1.54, 1.807) is 31.3 Å². The van der Waals surface area contributed by atoms with Gasteiger partial charge >= 0.3 is 5.97 Å². The first-order valence-corrected chi connectivity index (χ1v) is 7.95. The van der Waals surface area contributed by atoms with Gasteiger partial charge in [0.1, 0.15) is 0 Å². The molecule has 1 fully saturated rings. The van der Waals surface area contributed by atoms with Gasteiger partial charge in [-0.05, 0) is 42.5 Å². The molecule has 2 N–H and O–H groups in total. The first-order chi connectivity index (χ1) is 11.4. The molecule has 1 aromatic rings. The van der Waals surface area contributed by atoms with Gasteiger partial charge in [-0.3, -0.25) is 14.4 Å². The summed E-state index contributed by atoms with van der Waals surface area (Å²) < 4.78 is 0. The second-order valence-electron chi connectivity index (χ2n) is 6.45. The molecule has 3 rings (SSSR count). The smallest absolute Gasteiger partial charge is 0.307 e. The SMILES string of the molecule is CC(=O)N(C)c1ccc(NC(=O)[C@H]2[C@H](C(=O)O)[C@H]3C=C[C@H]2C3)cc1. The fraction of sp³-hybridized carbons (Fsp3) is 0.389. The zero-order chi connectivity index (χ0) is 17.4. The quantitative estimate of drug-likeness (QED) is 0.829. The van der Waals surface area contributed by atoms with Crippen molar-refractivity contribution in [1.82, 2.24) is 0 Å². The number of carboxylic acid groups (broad SMARTS) is 1. The summed E-state index contributed by atoms with van der Waals surface area (Å²) in [6.07, 6.45) is 4.61. The van der Waals surface area contributed by atoms with E-state index < -0.39 is 17.8 Å². The number of amides is 2. The number of aliphatic carboxylic acids is 1. The van der Waals surface area contributed by atoms with Gasteiger partial charge < -0.3 is 15.3 Å². The number of fused-ring (bicyclic) bond motifs is 2. The summed E-state index contributed by atoms with van der Waals surface area (Å²) in [7, 11) is 1.68. The van der Waals surface area contributed by atoms with Crippen LogP contribution in [0.3, 0.4) is 0 Å². The number of hydrogen-bond acceptors (Lipinski definition) is 3. The standard InChI is InChI=1S/C18H20N2O4/c1-10(21)20(2)14-7-5-13(6-8-14)19-17(22)15-11-3-4-12(9-11)16(15)18(23)24/h3-8,11-12,15-16H,9H2,1-2H3,(H,19,22)(H,23,24)/t11-,12-,15+,16+/m0/s1. The van der Waals surface area contributed by atoms with Crippen LogP contribution in [0.4, 0.5) is 11.4 Å². The molecule has 0 aromatic heterocycles. The Morgan fingerprint density at radius 1 is 1.08 bits per heavy atom. The Morgan fingerprint density at radius 3 is 2.21 bits per heavy atom. The highest BCUT2D eigenvalue weighted by Gasteiger charge is 2.51. The molecule has 0 saturated heterocycles. The Hall–Kier alpha value is -2.63. The van der Waals surface area contributed by atoms with Gasteiger partial charge in [-0.1, -0.05) is 12.2 Å². The van der Waals surface area contributed by atoms with E-state index >= 15 is 0 Å². The molecule has 2 bridgehead atoms. The summed E-state index contributed by atoms with van der Waals surface area (Å²) in [6.45, 7) is 1.48. The first kappa shape index (κ1) is 16.2. The van der Waals surface area contributed by atoms with E-state index in [-0.39, 0.29) is 23.7 Å². The minimum absolute atomic E-state index is 0.000723. The molecule has 0 aliphatic heterocycles. The minimum atomic E-state index is -0.912. The molecule has 1 saturated carbocycles. The van der Waals surface area contributed by atoms with Crippen LogP contribution in [0.2, 0.25) is 0 Å². The Balaban J connectivity index is 1.72. The van der Waals surface area contributed by atoms with Gasteiger partial charge in [0.05, 0.1) is 11.8 Å². The van der Waals surface area contributed by atoms with Crippen LogP contribution in [-0.2, 0) is 14.4 Å². The van der Waals surface area contributed by atoms with Crippen molar-refractivity contribution in [3.63, 3.8) is 0 Å².